The van der Waals surface area contributed by atoms with Crippen LogP contribution < -0.4 is 85.0 Å². The van der Waals surface area contributed by atoms with Crippen molar-refractivity contribution in [3.05, 3.63) is 108 Å². The Balaban J connectivity index is 0.000000288. The fraction of sp³-hybridized carbons (Fsp3) is 0.481. The number of unbranched alkanes of at least 4 members (excludes halogenated alkanes) is 20. The fourth-order valence-electron chi connectivity index (χ4n) is 10.7. The molecule has 10 rings (SSSR count). The number of nitrogens with zero attached hydrogens (tertiary/aromatic N) is 23. The Morgan fingerprint density at radius 2 is 0.713 bits per heavy atom. The molecular formula is C77H121N37O. The Kier molecular flexibility index (Phi) is 45.5. The summed E-state index contributed by atoms with van der Waals surface area (Å²) in [5.74, 6) is 13.5. The molecule has 38 nitrogen and oxygen atoms in total. The lowest BCUT2D eigenvalue weighted by atomic mass is 10.1. The number of aryl methyl sites for hydroxylation is 5. The first-order chi connectivity index (χ1) is 55.4. The number of benzene rings is 2. The van der Waals surface area contributed by atoms with Crippen molar-refractivity contribution in [3.63, 3.8) is 0 Å². The molecule has 38 heteroatoms. The van der Waals surface area contributed by atoms with Gasteiger partial charge in [-0.1, -0.05) is 217 Å². The fourth-order valence-corrected chi connectivity index (χ4v) is 10.7. The first-order valence-corrected chi connectivity index (χ1v) is 39.1. The van der Waals surface area contributed by atoms with Crippen LogP contribution in [-0.4, -0.2) is 121 Å². The molecule has 0 radical (unpaired) electrons. The molecule has 0 saturated heterocycles. The Hall–Kier alpha value is -13.0. The highest BCUT2D eigenvalue weighted by Gasteiger charge is 2.11. The van der Waals surface area contributed by atoms with E-state index in [0.29, 0.717) is 59.7 Å². The molecule has 0 aliphatic carbocycles. The van der Waals surface area contributed by atoms with E-state index in [1.807, 2.05) is 73.9 Å². The molecule has 0 bridgehead atoms. The maximum absolute atomic E-state index is 5.66. The smallest absolute Gasteiger partial charge is 0.225 e. The summed E-state index contributed by atoms with van der Waals surface area (Å²) in [4.78, 5) is 86.0. The summed E-state index contributed by atoms with van der Waals surface area (Å²) in [5.41, 5.74) is 78.1. The van der Waals surface area contributed by atoms with E-state index in [4.69, 9.17) is 85.0 Å². The predicted octanol–water partition coefficient (Wildman–Crippen LogP) is 10.1. The molecule has 0 unspecified atom stereocenters. The van der Waals surface area contributed by atoms with Crippen LogP contribution in [0.2, 0.25) is 0 Å². The molecule has 2 aromatic carbocycles. The number of nitrogen functional groups attached to an aromatic ring is 14. The molecule has 28 N–H and O–H groups in total. The van der Waals surface area contributed by atoms with E-state index in [9.17, 15) is 0 Å². The quantitative estimate of drug-likeness (QED) is 0.0130. The number of rotatable bonds is 35. The summed E-state index contributed by atoms with van der Waals surface area (Å²) < 4.78 is 7.82. The minimum absolute atomic E-state index is 0.0928. The number of imidazole rings is 1. The van der Waals surface area contributed by atoms with Crippen LogP contribution in [0.3, 0.4) is 0 Å². The van der Waals surface area contributed by atoms with Gasteiger partial charge in [-0.3, -0.25) is 0 Å². The van der Waals surface area contributed by atoms with E-state index in [1.165, 1.54) is 135 Å². The highest BCUT2D eigenvalue weighted by atomic mass is 16.5. The Labute approximate surface area is 674 Å². The molecule has 0 aliphatic heterocycles. The third kappa shape index (κ3) is 42.9. The van der Waals surface area contributed by atoms with Crippen molar-refractivity contribution in [1.82, 2.24) is 114 Å². The van der Waals surface area contributed by atoms with E-state index in [2.05, 4.69) is 161 Å². The van der Waals surface area contributed by atoms with Crippen LogP contribution in [0.4, 0.5) is 83.3 Å². The number of allylic oxidation sites excluding steroid dienone is 1. The van der Waals surface area contributed by atoms with Gasteiger partial charge in [0.2, 0.25) is 89.1 Å². The average molecular weight is 1580 g/mol. The molecule has 8 heterocycles. The van der Waals surface area contributed by atoms with Gasteiger partial charge in [0, 0.05) is 55.7 Å². The zero-order valence-corrected chi connectivity index (χ0v) is 67.9. The largest absolute Gasteiger partial charge is 0.493 e. The molecule has 0 aliphatic rings. The van der Waals surface area contributed by atoms with Gasteiger partial charge in [-0.15, -0.1) is 0 Å². The van der Waals surface area contributed by atoms with Crippen LogP contribution in [0.1, 0.15) is 231 Å². The van der Waals surface area contributed by atoms with Crippen molar-refractivity contribution < 1.29 is 4.74 Å². The van der Waals surface area contributed by atoms with Crippen LogP contribution in [0.5, 0.6) is 5.75 Å². The highest BCUT2D eigenvalue weighted by Crippen LogP contribution is 2.23. The molecule has 0 fully saturated rings. The summed E-state index contributed by atoms with van der Waals surface area (Å²) in [5, 5.41) is 0. The molecule has 0 spiro atoms. The monoisotopic (exact) mass is 1580 g/mol. The summed E-state index contributed by atoms with van der Waals surface area (Å²) in [6.45, 7) is 15.9. The molecule has 115 heavy (non-hydrogen) atoms. The summed E-state index contributed by atoms with van der Waals surface area (Å²) in [7, 11) is 0. The van der Waals surface area contributed by atoms with Gasteiger partial charge in [0.15, 0.2) is 17.5 Å². The lowest BCUT2D eigenvalue weighted by molar-refractivity contribution is 0.271. The van der Waals surface area contributed by atoms with Gasteiger partial charge in [-0.05, 0) is 63.2 Å². The molecule has 0 atom stereocenters. The van der Waals surface area contributed by atoms with Crippen molar-refractivity contribution in [1.29, 1.82) is 0 Å². The average Bonchev–Trinajstić information content (AvgIpc) is 1.35. The van der Waals surface area contributed by atoms with Crippen molar-refractivity contribution in [2.75, 3.05) is 86.9 Å². The first kappa shape index (κ1) is 94.4. The molecule has 0 amide bonds. The third-order valence-corrected chi connectivity index (χ3v) is 16.0. The van der Waals surface area contributed by atoms with Crippen molar-refractivity contribution in [2.45, 2.75) is 228 Å². The molecule has 8 aromatic heterocycles. The Morgan fingerprint density at radius 3 is 1.10 bits per heavy atom. The van der Waals surface area contributed by atoms with E-state index < -0.39 is 0 Å². The van der Waals surface area contributed by atoms with Gasteiger partial charge in [-0.2, -0.15) is 105 Å². The SMILES string of the molecule is C/C=C/c1nc(N)nc(N)n1.CC#Cc1nc(N)nc(N)n1.CC(C)COc1cccc(-c2nc(N)nc(N)n2)c1.CCCCCCCCCCCc1nc(N)nc(N)n1.CCCCCCCCCCCc1nccn1CCc1nc(N)nc(N)n1.CCCCCCCc1nc(N)nc(N)n1.Nc1nc(N)nc(-c2ccccc2)n1. The number of hydrogen-bond acceptors (Lipinski definition) is 37. The van der Waals surface area contributed by atoms with Crippen molar-refractivity contribution >= 4 is 89.4 Å². The van der Waals surface area contributed by atoms with E-state index in [0.717, 1.165) is 61.3 Å². The normalized spacial score (nSPS) is 10.5. The maximum atomic E-state index is 5.66. The van der Waals surface area contributed by atoms with Gasteiger partial charge >= 0.3 is 0 Å². The number of hydrogen-bond donors (Lipinski definition) is 14. The van der Waals surface area contributed by atoms with Crippen molar-refractivity contribution in [2.24, 2.45) is 5.92 Å². The second-order valence-corrected chi connectivity index (χ2v) is 26.5. The van der Waals surface area contributed by atoms with Crippen molar-refractivity contribution in [3.8, 4) is 40.4 Å². The summed E-state index contributed by atoms with van der Waals surface area (Å²) in [6, 6.07) is 17.0. The van der Waals surface area contributed by atoms with Gasteiger partial charge in [0.25, 0.3) is 0 Å². The first-order valence-electron chi connectivity index (χ1n) is 39.1. The van der Waals surface area contributed by atoms with Crippen LogP contribution in [0.15, 0.2) is 73.1 Å². The van der Waals surface area contributed by atoms with Crippen LogP contribution in [-0.2, 0) is 32.2 Å². The van der Waals surface area contributed by atoms with Gasteiger partial charge < -0.3 is 89.6 Å². The standard InChI is InChI=1S/C19H33N7.C14H27N5.C13H17N5O.C10H19N5.C9H9N5.C6H9N5.C6H7N5/c1-2-3-4-5-6-7-8-9-10-11-17-22-13-15-26(17)14-12-16-23-18(20)25-19(21)24-16;1-2-3-4-5-6-7-8-9-10-11-12-17-13(15)19-14(16)18-12;1-8(2)7-19-10-5-3-4-9(6-10)11-16-12(14)18-13(15)17-11;1-2-3-4-5-6-7-8-13-9(11)15-10(12)14-8;10-8-12-7(13-9(11)14-8)6-4-2-1-3-5-6;2*1-2-3-4-9-5(7)11-6(8)10-4/h13,15H,2-12,14H2,1H3,(H4,20,21,23,24,25);2-11H2,1H3,(H4,15,16,17,18,19);3-6,8H,7H2,1-2H3,(H4,14,15,16,17,18);2-7H2,1H3,(H4,11,12,13,14,15);1-5H,(H4,10,11,12,13,14);2-3H,1H3,(H4,7,8,9,10,11);1H3,(H4,7,8,9,10,11)/b;;;;;3-2+;. The second kappa shape index (κ2) is 55.4. The second-order valence-electron chi connectivity index (χ2n) is 26.5. The highest BCUT2D eigenvalue weighted by molar-refractivity contribution is 5.60. The van der Waals surface area contributed by atoms with E-state index >= 15 is 0 Å². The minimum atomic E-state index is 0.0928. The topological polar surface area (TPSA) is 662 Å². The van der Waals surface area contributed by atoms with Crippen LogP contribution in [0, 0.1) is 17.8 Å². The maximum Gasteiger partial charge on any atom is 0.225 e. The van der Waals surface area contributed by atoms with Gasteiger partial charge in [0.1, 0.15) is 29.0 Å². The molecule has 620 valence electrons. The van der Waals surface area contributed by atoms with Crippen LogP contribution in [0.25, 0.3) is 28.9 Å². The minimum Gasteiger partial charge on any atom is -0.493 e. The van der Waals surface area contributed by atoms with Gasteiger partial charge in [-0.25, -0.2) is 4.98 Å². The van der Waals surface area contributed by atoms with Crippen LogP contribution >= 0.6 is 0 Å². The Bertz CT molecular complexity index is 4320. The Morgan fingerprint density at radius 1 is 0.374 bits per heavy atom. The lowest BCUT2D eigenvalue weighted by Crippen LogP contribution is -2.11. The van der Waals surface area contributed by atoms with Gasteiger partial charge in [0.05, 0.1) is 6.61 Å². The summed E-state index contributed by atoms with van der Waals surface area (Å²) in [6.07, 6.45) is 40.7. The molecule has 0 saturated carbocycles. The zero-order valence-electron chi connectivity index (χ0n) is 67.9. The zero-order chi connectivity index (χ0) is 84.0. The molecular weight excluding hydrogens is 1460 g/mol. The number of nitrogens with two attached hydrogens (primary N) is 14. The molecule has 10 aromatic rings. The number of aromatic nitrogens is 23. The number of anilines is 14. The third-order valence-electron chi connectivity index (χ3n) is 16.0. The summed E-state index contributed by atoms with van der Waals surface area (Å²) >= 11 is 0. The predicted molar refractivity (Wildman–Crippen MR) is 459 cm³/mol. The number of ether oxygens (including phenoxy) is 1. The van der Waals surface area contributed by atoms with E-state index in [1.54, 1.807) is 19.1 Å². The lowest BCUT2D eigenvalue weighted by Gasteiger charge is -2.09. The van der Waals surface area contributed by atoms with E-state index in [-0.39, 0.29) is 83.3 Å².